The molecule has 0 bridgehead atoms. The maximum atomic E-state index is 11.9. The van der Waals surface area contributed by atoms with Crippen molar-refractivity contribution in [1.82, 2.24) is 4.90 Å². The Kier molecular flexibility index (Phi) is 5.06. The van der Waals surface area contributed by atoms with Crippen molar-refractivity contribution in [3.63, 3.8) is 0 Å². The number of likely N-dealkylation sites (tertiary alicyclic amines) is 1. The quantitative estimate of drug-likeness (QED) is 0.780. The van der Waals surface area contributed by atoms with Crippen LogP contribution in [0.25, 0.3) is 0 Å². The lowest BCUT2D eigenvalue weighted by Gasteiger charge is -2.27. The van der Waals surface area contributed by atoms with Crippen LogP contribution in [0, 0.1) is 5.92 Å². The zero-order valence-electron chi connectivity index (χ0n) is 10.9. The smallest absolute Gasteiger partial charge is 0.223 e. The molecule has 102 valence electrons. The fourth-order valence-electron chi connectivity index (χ4n) is 2.57. The Morgan fingerprint density at radius 2 is 2.33 bits per heavy atom. The van der Waals surface area contributed by atoms with Gasteiger partial charge >= 0.3 is 0 Å². The van der Waals surface area contributed by atoms with Crippen LogP contribution in [0.15, 0.2) is 0 Å². The third kappa shape index (κ3) is 3.99. The zero-order valence-corrected chi connectivity index (χ0v) is 11.7. The monoisotopic (exact) mass is 271 g/mol. The van der Waals surface area contributed by atoms with E-state index >= 15 is 0 Å². The second-order valence-corrected chi connectivity index (χ2v) is 6.36. The molecule has 1 amide bonds. The maximum absolute atomic E-state index is 11.9. The van der Waals surface area contributed by atoms with E-state index in [9.17, 15) is 9.59 Å². The molecule has 2 heterocycles. The molecule has 5 heteroatoms. The van der Waals surface area contributed by atoms with E-state index in [1.807, 2.05) is 4.90 Å². The summed E-state index contributed by atoms with van der Waals surface area (Å²) in [5, 5.41) is 0.136. The summed E-state index contributed by atoms with van der Waals surface area (Å²) in [4.78, 5) is 24.7. The van der Waals surface area contributed by atoms with E-state index in [-0.39, 0.29) is 17.1 Å². The minimum atomic E-state index is 0.136. The van der Waals surface area contributed by atoms with Gasteiger partial charge in [-0.1, -0.05) is 11.8 Å². The summed E-state index contributed by atoms with van der Waals surface area (Å²) in [5.41, 5.74) is 0. The van der Waals surface area contributed by atoms with Crippen molar-refractivity contribution in [3.05, 3.63) is 0 Å². The van der Waals surface area contributed by atoms with Gasteiger partial charge in [0.1, 0.15) is 0 Å². The average Bonchev–Trinajstić information content (AvgIpc) is 2.69. The summed E-state index contributed by atoms with van der Waals surface area (Å²) in [6.45, 7) is 3.93. The van der Waals surface area contributed by atoms with Crippen molar-refractivity contribution in [2.45, 2.75) is 38.7 Å². The van der Waals surface area contributed by atoms with Crippen molar-refractivity contribution in [2.75, 3.05) is 25.4 Å². The van der Waals surface area contributed by atoms with E-state index in [4.69, 9.17) is 4.74 Å². The minimum absolute atomic E-state index is 0.136. The second-order valence-electron chi connectivity index (χ2n) is 5.16. The highest BCUT2D eigenvalue weighted by molar-refractivity contribution is 8.13. The summed E-state index contributed by atoms with van der Waals surface area (Å²) in [6, 6.07) is 0. The molecule has 2 saturated heterocycles. The Labute approximate surface area is 112 Å². The lowest BCUT2D eigenvalue weighted by Crippen LogP contribution is -2.36. The van der Waals surface area contributed by atoms with Crippen LogP contribution in [0.4, 0.5) is 0 Å². The number of rotatable bonds is 4. The molecule has 0 spiro atoms. The molecule has 0 aromatic carbocycles. The standard InChI is InChI=1S/C13H21NO3S/c1-10(15)18-9-11-6-13(16)14(7-11)8-12-4-2-3-5-17-12/h11-12H,2-9H2,1H3. The van der Waals surface area contributed by atoms with Crippen LogP contribution in [-0.4, -0.2) is 47.5 Å². The number of hydrogen-bond acceptors (Lipinski definition) is 4. The van der Waals surface area contributed by atoms with Gasteiger partial charge in [0.2, 0.25) is 5.91 Å². The SMILES string of the molecule is CC(=O)SCC1CC(=O)N(CC2CCCCO2)C1. The molecule has 2 atom stereocenters. The van der Waals surface area contributed by atoms with Crippen LogP contribution >= 0.6 is 11.8 Å². The number of hydrogen-bond donors (Lipinski definition) is 0. The van der Waals surface area contributed by atoms with Gasteiger partial charge in [-0.15, -0.1) is 0 Å². The molecule has 4 nitrogen and oxygen atoms in total. The fourth-order valence-corrected chi connectivity index (χ4v) is 3.27. The molecule has 0 radical (unpaired) electrons. The number of ether oxygens (including phenoxy) is 1. The summed E-state index contributed by atoms with van der Waals surface area (Å²) >= 11 is 1.33. The molecule has 0 aliphatic carbocycles. The number of thioether (sulfide) groups is 1. The first-order valence-corrected chi connectivity index (χ1v) is 7.66. The summed E-state index contributed by atoms with van der Waals surface area (Å²) in [5.74, 6) is 1.32. The van der Waals surface area contributed by atoms with Crippen molar-refractivity contribution < 1.29 is 14.3 Å². The van der Waals surface area contributed by atoms with E-state index < -0.39 is 0 Å². The largest absolute Gasteiger partial charge is 0.376 e. The summed E-state index contributed by atoms with van der Waals surface area (Å²) in [6.07, 6.45) is 4.23. The van der Waals surface area contributed by atoms with Gasteiger partial charge in [-0.3, -0.25) is 9.59 Å². The number of nitrogens with zero attached hydrogens (tertiary/aromatic N) is 1. The Balaban J connectivity index is 1.75. The molecule has 0 saturated carbocycles. The fraction of sp³-hybridized carbons (Fsp3) is 0.846. The van der Waals surface area contributed by atoms with E-state index in [1.165, 1.54) is 18.2 Å². The Morgan fingerprint density at radius 3 is 3.00 bits per heavy atom. The topological polar surface area (TPSA) is 46.6 Å². The molecule has 2 fully saturated rings. The second kappa shape index (κ2) is 6.57. The lowest BCUT2D eigenvalue weighted by molar-refractivity contribution is -0.130. The highest BCUT2D eigenvalue weighted by Crippen LogP contribution is 2.24. The Bertz CT molecular complexity index is 315. The van der Waals surface area contributed by atoms with Crippen molar-refractivity contribution in [1.29, 1.82) is 0 Å². The van der Waals surface area contributed by atoms with Gasteiger partial charge < -0.3 is 9.64 Å². The summed E-state index contributed by atoms with van der Waals surface area (Å²) in [7, 11) is 0. The predicted octanol–water partition coefficient (Wildman–Crippen LogP) is 1.68. The lowest BCUT2D eigenvalue weighted by atomic mass is 10.1. The van der Waals surface area contributed by atoms with Gasteiger partial charge in [0, 0.05) is 38.8 Å². The van der Waals surface area contributed by atoms with Crippen LogP contribution < -0.4 is 0 Å². The van der Waals surface area contributed by atoms with Gasteiger partial charge in [-0.25, -0.2) is 0 Å². The van der Waals surface area contributed by atoms with Gasteiger partial charge in [-0.2, -0.15) is 0 Å². The molecule has 2 aliphatic heterocycles. The van der Waals surface area contributed by atoms with Crippen LogP contribution in [0.1, 0.15) is 32.6 Å². The Hall–Kier alpha value is -0.550. The molecular formula is C13H21NO3S. The third-order valence-corrected chi connectivity index (χ3v) is 4.56. The zero-order chi connectivity index (χ0) is 13.0. The first kappa shape index (κ1) is 13.9. The third-order valence-electron chi connectivity index (χ3n) is 3.51. The first-order chi connectivity index (χ1) is 8.65. The normalized spacial score (nSPS) is 28.7. The van der Waals surface area contributed by atoms with Crippen molar-refractivity contribution in [3.8, 4) is 0 Å². The molecule has 18 heavy (non-hydrogen) atoms. The average molecular weight is 271 g/mol. The molecule has 2 rings (SSSR count). The summed E-state index contributed by atoms with van der Waals surface area (Å²) < 4.78 is 5.67. The van der Waals surface area contributed by atoms with E-state index in [1.54, 1.807) is 6.92 Å². The Morgan fingerprint density at radius 1 is 1.50 bits per heavy atom. The number of carbonyl (C=O) groups excluding carboxylic acids is 2. The predicted molar refractivity (Wildman–Crippen MR) is 71.4 cm³/mol. The van der Waals surface area contributed by atoms with Crippen molar-refractivity contribution >= 4 is 22.8 Å². The number of amides is 1. The van der Waals surface area contributed by atoms with Crippen LogP contribution in [0.5, 0.6) is 0 Å². The van der Waals surface area contributed by atoms with Crippen LogP contribution in [0.3, 0.4) is 0 Å². The van der Waals surface area contributed by atoms with Gasteiger partial charge in [0.05, 0.1) is 6.10 Å². The van der Waals surface area contributed by atoms with Gasteiger partial charge in [0.15, 0.2) is 5.12 Å². The van der Waals surface area contributed by atoms with Gasteiger partial charge in [0.25, 0.3) is 0 Å². The maximum Gasteiger partial charge on any atom is 0.223 e. The molecule has 0 aromatic rings. The molecule has 2 aliphatic rings. The molecule has 2 unspecified atom stereocenters. The first-order valence-electron chi connectivity index (χ1n) is 6.68. The minimum Gasteiger partial charge on any atom is -0.376 e. The highest BCUT2D eigenvalue weighted by Gasteiger charge is 2.31. The van der Waals surface area contributed by atoms with E-state index in [2.05, 4.69) is 0 Å². The molecule has 0 aromatic heterocycles. The highest BCUT2D eigenvalue weighted by atomic mass is 32.2. The van der Waals surface area contributed by atoms with Crippen LogP contribution in [0.2, 0.25) is 0 Å². The number of carbonyl (C=O) groups is 2. The van der Waals surface area contributed by atoms with Crippen LogP contribution in [-0.2, 0) is 14.3 Å². The molecular weight excluding hydrogens is 250 g/mol. The van der Waals surface area contributed by atoms with E-state index in [0.717, 1.165) is 38.3 Å². The van der Waals surface area contributed by atoms with Gasteiger partial charge in [-0.05, 0) is 25.2 Å². The van der Waals surface area contributed by atoms with Crippen molar-refractivity contribution in [2.24, 2.45) is 5.92 Å². The van der Waals surface area contributed by atoms with E-state index in [0.29, 0.717) is 12.3 Å². The molecule has 0 N–H and O–H groups in total.